The molecule has 1 N–H and O–H groups in total. The van der Waals surface area contributed by atoms with E-state index in [9.17, 15) is 18.5 Å². The maximum Gasteiger partial charge on any atom is 0.320 e. The monoisotopic (exact) mass is 354 g/mol. The van der Waals surface area contributed by atoms with Crippen molar-refractivity contribution in [1.29, 1.82) is 0 Å². The van der Waals surface area contributed by atoms with E-state index in [2.05, 4.69) is 0 Å². The Labute approximate surface area is 142 Å². The number of amides is 2. The van der Waals surface area contributed by atoms with E-state index in [0.29, 0.717) is 37.4 Å². The van der Waals surface area contributed by atoms with Crippen LogP contribution in [-0.4, -0.2) is 62.9 Å². The van der Waals surface area contributed by atoms with Gasteiger partial charge in [0, 0.05) is 26.1 Å². The largest absolute Gasteiger partial charge is 0.611 e. The van der Waals surface area contributed by atoms with Crippen molar-refractivity contribution in [3.63, 3.8) is 0 Å². The summed E-state index contributed by atoms with van der Waals surface area (Å²) >= 11 is -1.29. The van der Waals surface area contributed by atoms with Gasteiger partial charge < -0.3 is 19.5 Å². The SMILES string of the molecule is O=C(O)[C@@H]1CCN(C(=O)N2CCC([S+]([O-])c3ccc(F)cc3)C2)C1. The fourth-order valence-electron chi connectivity index (χ4n) is 3.17. The Kier molecular flexibility index (Phi) is 4.96. The summed E-state index contributed by atoms with van der Waals surface area (Å²) in [6.07, 6.45) is 1.09. The van der Waals surface area contributed by atoms with Gasteiger partial charge in [-0.1, -0.05) is 0 Å². The van der Waals surface area contributed by atoms with Gasteiger partial charge in [0.05, 0.1) is 12.5 Å². The quantitative estimate of drug-likeness (QED) is 0.835. The number of halogens is 1. The van der Waals surface area contributed by atoms with Crippen molar-refractivity contribution in [2.45, 2.75) is 23.0 Å². The zero-order chi connectivity index (χ0) is 17.3. The number of aliphatic carboxylic acids is 1. The summed E-state index contributed by atoms with van der Waals surface area (Å²) < 4.78 is 25.5. The highest BCUT2D eigenvalue weighted by Gasteiger charge is 2.39. The minimum absolute atomic E-state index is 0.183. The van der Waals surface area contributed by atoms with Crippen LogP contribution >= 0.6 is 0 Å². The number of carboxylic acids is 1. The van der Waals surface area contributed by atoms with Gasteiger partial charge in [0.1, 0.15) is 11.1 Å². The van der Waals surface area contributed by atoms with Crippen molar-refractivity contribution < 1.29 is 23.6 Å². The van der Waals surface area contributed by atoms with Gasteiger partial charge in [-0.15, -0.1) is 0 Å². The molecule has 0 spiro atoms. The predicted molar refractivity (Wildman–Crippen MR) is 85.5 cm³/mol. The summed E-state index contributed by atoms with van der Waals surface area (Å²) in [5, 5.41) is 8.84. The van der Waals surface area contributed by atoms with Crippen LogP contribution in [0.15, 0.2) is 29.2 Å². The molecule has 2 saturated heterocycles. The van der Waals surface area contributed by atoms with E-state index >= 15 is 0 Å². The molecule has 6 nitrogen and oxygen atoms in total. The molecule has 1 aromatic carbocycles. The summed E-state index contributed by atoms with van der Waals surface area (Å²) in [6, 6.07) is 5.39. The molecule has 2 amide bonds. The van der Waals surface area contributed by atoms with E-state index in [0.717, 1.165) is 0 Å². The van der Waals surface area contributed by atoms with E-state index in [1.807, 2.05) is 0 Å². The molecule has 0 saturated carbocycles. The predicted octanol–water partition coefficient (Wildman–Crippen LogP) is 1.53. The van der Waals surface area contributed by atoms with Gasteiger partial charge in [-0.05, 0) is 41.9 Å². The third-order valence-corrected chi connectivity index (χ3v) is 6.30. The summed E-state index contributed by atoms with van der Waals surface area (Å²) in [4.78, 5) is 27.2. The van der Waals surface area contributed by atoms with E-state index in [4.69, 9.17) is 5.11 Å². The molecule has 3 rings (SSSR count). The molecule has 2 aliphatic heterocycles. The van der Waals surface area contributed by atoms with E-state index in [1.54, 1.807) is 9.80 Å². The van der Waals surface area contributed by atoms with Crippen LogP contribution in [0.25, 0.3) is 0 Å². The number of hydrogen-bond acceptors (Lipinski definition) is 3. The molecule has 24 heavy (non-hydrogen) atoms. The number of carboxylic acid groups (broad SMARTS) is 1. The molecule has 2 aliphatic rings. The number of hydrogen-bond donors (Lipinski definition) is 1. The molecular weight excluding hydrogens is 335 g/mol. The Hall–Kier alpha value is -1.80. The smallest absolute Gasteiger partial charge is 0.320 e. The van der Waals surface area contributed by atoms with Gasteiger partial charge in [0.15, 0.2) is 4.90 Å². The first-order valence-corrected chi connectivity index (χ1v) is 9.10. The van der Waals surface area contributed by atoms with Crippen molar-refractivity contribution in [3.8, 4) is 0 Å². The zero-order valence-electron chi connectivity index (χ0n) is 13.1. The van der Waals surface area contributed by atoms with Gasteiger partial charge in [0.2, 0.25) is 0 Å². The third-order valence-electron chi connectivity index (χ3n) is 4.57. The Balaban J connectivity index is 1.58. The average Bonchev–Trinajstić information content (AvgIpc) is 3.24. The fraction of sp³-hybridized carbons (Fsp3) is 0.500. The van der Waals surface area contributed by atoms with Gasteiger partial charge in [-0.3, -0.25) is 4.79 Å². The van der Waals surface area contributed by atoms with Crippen molar-refractivity contribution in [3.05, 3.63) is 30.1 Å². The first kappa shape index (κ1) is 17.0. The maximum absolute atomic E-state index is 13.0. The number of urea groups is 1. The fourth-order valence-corrected chi connectivity index (χ4v) is 4.60. The highest BCUT2D eigenvalue weighted by molar-refractivity contribution is 7.92. The molecule has 0 bridgehead atoms. The van der Waals surface area contributed by atoms with Crippen LogP contribution in [-0.2, 0) is 16.0 Å². The molecule has 8 heteroatoms. The van der Waals surface area contributed by atoms with Gasteiger partial charge >= 0.3 is 12.0 Å². The van der Waals surface area contributed by atoms with Gasteiger partial charge in [0.25, 0.3) is 0 Å². The molecule has 0 radical (unpaired) electrons. The van der Waals surface area contributed by atoms with Crippen molar-refractivity contribution >= 4 is 23.2 Å². The minimum atomic E-state index is -1.29. The highest BCUT2D eigenvalue weighted by Crippen LogP contribution is 2.26. The summed E-state index contributed by atoms with van der Waals surface area (Å²) in [6.45, 7) is 1.55. The molecule has 3 atom stereocenters. The molecule has 2 heterocycles. The van der Waals surface area contributed by atoms with Crippen LogP contribution in [0.1, 0.15) is 12.8 Å². The molecule has 130 valence electrons. The molecule has 1 aromatic rings. The number of benzene rings is 1. The van der Waals surface area contributed by atoms with E-state index in [-0.39, 0.29) is 23.6 Å². The third kappa shape index (κ3) is 3.49. The van der Waals surface area contributed by atoms with Crippen molar-refractivity contribution in [2.24, 2.45) is 5.92 Å². The zero-order valence-corrected chi connectivity index (χ0v) is 13.9. The molecule has 0 aliphatic carbocycles. The summed E-state index contributed by atoms with van der Waals surface area (Å²) in [5.41, 5.74) is 0. The summed E-state index contributed by atoms with van der Waals surface area (Å²) in [7, 11) is 0. The summed E-state index contributed by atoms with van der Waals surface area (Å²) in [5.74, 6) is -1.75. The number of carbonyl (C=O) groups excluding carboxylic acids is 1. The molecule has 2 fully saturated rings. The Morgan fingerprint density at radius 1 is 1.12 bits per heavy atom. The van der Waals surface area contributed by atoms with Crippen LogP contribution in [0.2, 0.25) is 0 Å². The van der Waals surface area contributed by atoms with E-state index in [1.165, 1.54) is 24.3 Å². The highest BCUT2D eigenvalue weighted by atomic mass is 32.2. The van der Waals surface area contributed by atoms with Crippen LogP contribution < -0.4 is 0 Å². The minimum Gasteiger partial charge on any atom is -0.611 e. The second-order valence-corrected chi connectivity index (χ2v) is 7.89. The number of carbonyl (C=O) groups is 2. The Morgan fingerprint density at radius 3 is 2.38 bits per heavy atom. The second kappa shape index (κ2) is 6.98. The maximum atomic E-state index is 13.0. The molecule has 0 aromatic heterocycles. The normalized spacial score (nSPS) is 25.1. The Bertz CT molecular complexity index is 627. The van der Waals surface area contributed by atoms with Crippen LogP contribution in [0.5, 0.6) is 0 Å². The van der Waals surface area contributed by atoms with E-state index < -0.39 is 23.1 Å². The topological polar surface area (TPSA) is 83.9 Å². The van der Waals surface area contributed by atoms with Gasteiger partial charge in [-0.25, -0.2) is 9.18 Å². The lowest BCUT2D eigenvalue weighted by Gasteiger charge is -2.24. The average molecular weight is 354 g/mol. The first-order chi connectivity index (χ1) is 11.5. The van der Waals surface area contributed by atoms with Crippen LogP contribution in [0, 0.1) is 11.7 Å². The number of likely N-dealkylation sites (tertiary alicyclic amines) is 2. The lowest BCUT2D eigenvalue weighted by atomic mass is 10.1. The standard InChI is InChI=1S/C16H19FN2O4S/c17-12-1-3-13(4-2-12)24(23)14-6-8-19(10-14)16(22)18-7-5-11(9-18)15(20)21/h1-4,11,14H,5-10H2,(H,20,21)/t11-,14?,24?/m1/s1. The lowest BCUT2D eigenvalue weighted by molar-refractivity contribution is -0.141. The van der Waals surface area contributed by atoms with Crippen LogP contribution in [0.4, 0.5) is 9.18 Å². The van der Waals surface area contributed by atoms with Crippen molar-refractivity contribution in [2.75, 3.05) is 26.2 Å². The number of nitrogens with zero attached hydrogens (tertiary/aromatic N) is 2. The number of rotatable bonds is 3. The van der Waals surface area contributed by atoms with Crippen molar-refractivity contribution in [1.82, 2.24) is 9.80 Å². The second-order valence-electron chi connectivity index (χ2n) is 6.16. The Morgan fingerprint density at radius 2 is 1.75 bits per heavy atom. The molecule has 2 unspecified atom stereocenters. The van der Waals surface area contributed by atoms with Gasteiger partial charge in [-0.2, -0.15) is 0 Å². The molecular formula is C16H19FN2O4S. The van der Waals surface area contributed by atoms with Crippen LogP contribution in [0.3, 0.4) is 0 Å². The first-order valence-electron chi connectivity index (χ1n) is 7.88. The lowest BCUT2D eigenvalue weighted by Crippen LogP contribution is -2.42.